The number of rotatable bonds is 3. The molecular formula is C13H20BrNS. The molecule has 1 aliphatic rings. The van der Waals surface area contributed by atoms with E-state index in [9.17, 15) is 0 Å². The van der Waals surface area contributed by atoms with Gasteiger partial charge in [0.1, 0.15) is 0 Å². The molecule has 0 spiro atoms. The first-order chi connectivity index (χ1) is 7.77. The van der Waals surface area contributed by atoms with Crippen molar-refractivity contribution in [1.82, 2.24) is 0 Å². The van der Waals surface area contributed by atoms with Crippen LogP contribution in [0.25, 0.3) is 0 Å². The predicted octanol–water partition coefficient (Wildman–Crippen LogP) is 4.87. The van der Waals surface area contributed by atoms with Crippen molar-refractivity contribution in [3.05, 3.63) is 20.8 Å². The van der Waals surface area contributed by atoms with Gasteiger partial charge in [-0.25, -0.2) is 0 Å². The van der Waals surface area contributed by atoms with E-state index in [1.54, 1.807) is 11.3 Å². The largest absolute Gasteiger partial charge is 0.323 e. The number of thiophene rings is 1. The van der Waals surface area contributed by atoms with Crippen molar-refractivity contribution in [3.63, 3.8) is 0 Å². The van der Waals surface area contributed by atoms with Gasteiger partial charge in [0.25, 0.3) is 0 Å². The van der Waals surface area contributed by atoms with Gasteiger partial charge in [0.05, 0.1) is 0 Å². The van der Waals surface area contributed by atoms with Crippen molar-refractivity contribution in [1.29, 1.82) is 0 Å². The van der Waals surface area contributed by atoms with Crippen molar-refractivity contribution in [3.8, 4) is 0 Å². The topological polar surface area (TPSA) is 26.0 Å². The van der Waals surface area contributed by atoms with Crippen LogP contribution in [0.5, 0.6) is 0 Å². The van der Waals surface area contributed by atoms with Gasteiger partial charge in [0, 0.05) is 15.4 Å². The normalized spacial score (nSPS) is 20.6. The Kier molecular flexibility index (Phi) is 4.86. The van der Waals surface area contributed by atoms with Crippen LogP contribution in [0.1, 0.15) is 55.9 Å². The molecule has 1 aromatic rings. The maximum Gasteiger partial charge on any atom is 0.0403 e. The summed E-state index contributed by atoms with van der Waals surface area (Å²) in [7, 11) is 0. The lowest BCUT2D eigenvalue weighted by atomic mass is 9.92. The lowest BCUT2D eigenvalue weighted by Gasteiger charge is -2.18. The van der Waals surface area contributed by atoms with E-state index in [0.29, 0.717) is 0 Å². The van der Waals surface area contributed by atoms with E-state index in [0.717, 1.165) is 5.92 Å². The van der Waals surface area contributed by atoms with Crippen LogP contribution in [0.4, 0.5) is 0 Å². The number of hydrogen-bond acceptors (Lipinski definition) is 2. The smallest absolute Gasteiger partial charge is 0.0403 e. The summed E-state index contributed by atoms with van der Waals surface area (Å²) in [4.78, 5) is 1.32. The van der Waals surface area contributed by atoms with Crippen LogP contribution in [-0.2, 0) is 0 Å². The number of nitrogens with two attached hydrogens (primary N) is 1. The highest BCUT2D eigenvalue weighted by Crippen LogP contribution is 2.34. The summed E-state index contributed by atoms with van der Waals surface area (Å²) in [5.41, 5.74) is 6.30. The van der Waals surface area contributed by atoms with Crippen molar-refractivity contribution < 1.29 is 0 Å². The molecule has 16 heavy (non-hydrogen) atoms. The molecule has 0 bridgehead atoms. The predicted molar refractivity (Wildman–Crippen MR) is 74.8 cm³/mol. The lowest BCUT2D eigenvalue weighted by Crippen LogP contribution is -2.14. The fourth-order valence-corrected chi connectivity index (χ4v) is 4.32. The highest BCUT2D eigenvalue weighted by Gasteiger charge is 2.18. The van der Waals surface area contributed by atoms with E-state index < -0.39 is 0 Å². The average Bonchev–Trinajstić information content (AvgIpc) is 2.53. The van der Waals surface area contributed by atoms with Crippen molar-refractivity contribution in [2.24, 2.45) is 11.7 Å². The van der Waals surface area contributed by atoms with Crippen molar-refractivity contribution in [2.45, 2.75) is 51.0 Å². The Balaban J connectivity index is 1.91. The number of halogens is 1. The molecule has 0 aliphatic heterocycles. The average molecular weight is 302 g/mol. The molecule has 1 unspecified atom stereocenters. The zero-order valence-electron chi connectivity index (χ0n) is 9.62. The third-order valence-electron chi connectivity index (χ3n) is 3.54. The van der Waals surface area contributed by atoms with E-state index in [1.807, 2.05) is 0 Å². The van der Waals surface area contributed by atoms with Gasteiger partial charge >= 0.3 is 0 Å². The zero-order chi connectivity index (χ0) is 11.4. The van der Waals surface area contributed by atoms with E-state index in [-0.39, 0.29) is 6.04 Å². The van der Waals surface area contributed by atoms with Gasteiger partial charge in [0.15, 0.2) is 0 Å². The summed E-state index contributed by atoms with van der Waals surface area (Å²) in [6, 6.07) is 2.34. The molecule has 3 heteroatoms. The van der Waals surface area contributed by atoms with Crippen LogP contribution < -0.4 is 5.73 Å². The third-order valence-corrected chi connectivity index (χ3v) is 5.55. The molecule has 2 N–H and O–H groups in total. The second kappa shape index (κ2) is 6.18. The van der Waals surface area contributed by atoms with E-state index >= 15 is 0 Å². The van der Waals surface area contributed by atoms with Gasteiger partial charge in [-0.05, 0) is 39.7 Å². The van der Waals surface area contributed by atoms with Gasteiger partial charge in [-0.3, -0.25) is 0 Å². The summed E-state index contributed by atoms with van der Waals surface area (Å²) < 4.78 is 1.19. The molecule has 1 aromatic heterocycles. The van der Waals surface area contributed by atoms with Crippen LogP contribution in [0.2, 0.25) is 0 Å². The van der Waals surface area contributed by atoms with Gasteiger partial charge in [-0.1, -0.05) is 38.5 Å². The SMILES string of the molecule is NC(CC1CCCCCC1)c1sccc1Br. The molecule has 0 radical (unpaired) electrons. The molecule has 1 fully saturated rings. The van der Waals surface area contributed by atoms with Crippen LogP contribution in [0.15, 0.2) is 15.9 Å². The molecule has 90 valence electrons. The molecule has 1 saturated carbocycles. The molecule has 0 aromatic carbocycles. The molecule has 1 aliphatic carbocycles. The Bertz CT molecular complexity index is 315. The summed E-state index contributed by atoms with van der Waals surface area (Å²) >= 11 is 5.36. The molecule has 2 rings (SSSR count). The van der Waals surface area contributed by atoms with Crippen LogP contribution in [0.3, 0.4) is 0 Å². The minimum atomic E-state index is 0.234. The quantitative estimate of drug-likeness (QED) is 0.792. The van der Waals surface area contributed by atoms with Gasteiger partial charge < -0.3 is 5.73 Å². The molecule has 0 saturated heterocycles. The summed E-state index contributed by atoms with van der Waals surface area (Å²) in [6.45, 7) is 0. The molecular weight excluding hydrogens is 282 g/mol. The fourth-order valence-electron chi connectivity index (χ4n) is 2.64. The molecule has 1 atom stereocenters. The van der Waals surface area contributed by atoms with Crippen molar-refractivity contribution >= 4 is 27.3 Å². The first kappa shape index (κ1) is 12.6. The van der Waals surface area contributed by atoms with Crippen LogP contribution in [-0.4, -0.2) is 0 Å². The standard InChI is InChI=1S/C13H20BrNS/c14-11-7-8-16-13(11)12(15)9-10-5-3-1-2-4-6-10/h7-8,10,12H,1-6,9,15H2. The van der Waals surface area contributed by atoms with Gasteiger partial charge in [-0.2, -0.15) is 0 Å². The molecule has 1 nitrogen and oxygen atoms in total. The van der Waals surface area contributed by atoms with Gasteiger partial charge in [0.2, 0.25) is 0 Å². The Morgan fingerprint density at radius 3 is 2.56 bits per heavy atom. The van der Waals surface area contributed by atoms with E-state index in [2.05, 4.69) is 27.4 Å². The van der Waals surface area contributed by atoms with Crippen molar-refractivity contribution in [2.75, 3.05) is 0 Å². The first-order valence-electron chi connectivity index (χ1n) is 6.26. The van der Waals surface area contributed by atoms with E-state index in [4.69, 9.17) is 5.73 Å². The van der Waals surface area contributed by atoms with Crippen LogP contribution >= 0.6 is 27.3 Å². The second-order valence-electron chi connectivity index (χ2n) is 4.83. The third kappa shape index (κ3) is 3.31. The summed E-state index contributed by atoms with van der Waals surface area (Å²) in [6.07, 6.45) is 9.60. The van der Waals surface area contributed by atoms with Crippen LogP contribution in [0, 0.1) is 5.92 Å². The minimum absolute atomic E-state index is 0.234. The maximum absolute atomic E-state index is 6.30. The monoisotopic (exact) mass is 301 g/mol. The highest BCUT2D eigenvalue weighted by molar-refractivity contribution is 9.10. The fraction of sp³-hybridized carbons (Fsp3) is 0.692. The first-order valence-corrected chi connectivity index (χ1v) is 7.93. The Labute approximate surface area is 111 Å². The van der Waals surface area contributed by atoms with Gasteiger partial charge in [-0.15, -0.1) is 11.3 Å². The second-order valence-corrected chi connectivity index (χ2v) is 6.63. The molecule has 1 heterocycles. The Morgan fingerprint density at radius 1 is 1.31 bits per heavy atom. The Hall–Kier alpha value is 0.140. The zero-order valence-corrected chi connectivity index (χ0v) is 12.0. The molecule has 0 amide bonds. The lowest BCUT2D eigenvalue weighted by molar-refractivity contribution is 0.394. The summed E-state index contributed by atoms with van der Waals surface area (Å²) in [5.74, 6) is 0.853. The van der Waals surface area contributed by atoms with E-state index in [1.165, 1.54) is 54.3 Å². The maximum atomic E-state index is 6.30. The Morgan fingerprint density at radius 2 is 2.00 bits per heavy atom. The summed E-state index contributed by atoms with van der Waals surface area (Å²) in [5, 5.41) is 2.12. The minimum Gasteiger partial charge on any atom is -0.323 e. The number of hydrogen-bond donors (Lipinski definition) is 1. The highest BCUT2D eigenvalue weighted by atomic mass is 79.9.